The zero-order valence-corrected chi connectivity index (χ0v) is 11.0. The molecule has 0 aliphatic carbocycles. The summed E-state index contributed by atoms with van der Waals surface area (Å²) < 4.78 is 5.47. The number of aryl methyl sites for hydroxylation is 1. The molecule has 0 bridgehead atoms. The summed E-state index contributed by atoms with van der Waals surface area (Å²) in [5.41, 5.74) is 3.34. The molecular weight excluding hydrogens is 258 g/mol. The molecule has 0 spiro atoms. The summed E-state index contributed by atoms with van der Waals surface area (Å²) in [6, 6.07) is 7.27. The number of benzene rings is 1. The van der Waals surface area contributed by atoms with Crippen molar-refractivity contribution in [1.29, 1.82) is 0 Å². The van der Waals surface area contributed by atoms with Crippen LogP contribution in [-0.4, -0.2) is 33.4 Å². The van der Waals surface area contributed by atoms with E-state index in [1.54, 1.807) is 7.11 Å². The minimum atomic E-state index is -1.04. The Labute approximate surface area is 114 Å². The SMILES string of the molecule is COc1c(-c2cc(C(=O)O)[nH]n2)ccc2[nH]c(C)cc12. The third-order valence-electron chi connectivity index (χ3n) is 3.18. The monoisotopic (exact) mass is 271 g/mol. The van der Waals surface area contributed by atoms with Gasteiger partial charge in [-0.3, -0.25) is 5.10 Å². The second-order valence-electron chi connectivity index (χ2n) is 4.53. The number of carboxylic acid groups (broad SMARTS) is 1. The zero-order chi connectivity index (χ0) is 14.3. The third-order valence-corrected chi connectivity index (χ3v) is 3.18. The van der Waals surface area contributed by atoms with Gasteiger partial charge in [-0.2, -0.15) is 5.10 Å². The first-order chi connectivity index (χ1) is 9.60. The Balaban J connectivity index is 2.21. The number of hydrogen-bond acceptors (Lipinski definition) is 3. The van der Waals surface area contributed by atoms with Crippen LogP contribution >= 0.6 is 0 Å². The second-order valence-corrected chi connectivity index (χ2v) is 4.53. The molecular formula is C14H13N3O3. The smallest absolute Gasteiger partial charge is 0.353 e. The molecule has 0 saturated heterocycles. The van der Waals surface area contributed by atoms with E-state index >= 15 is 0 Å². The minimum Gasteiger partial charge on any atom is -0.495 e. The van der Waals surface area contributed by atoms with Crippen LogP contribution in [0, 0.1) is 6.92 Å². The molecule has 3 rings (SSSR count). The molecule has 0 fully saturated rings. The number of hydrogen-bond donors (Lipinski definition) is 3. The van der Waals surface area contributed by atoms with Crippen molar-refractivity contribution < 1.29 is 14.6 Å². The summed E-state index contributed by atoms with van der Waals surface area (Å²) in [7, 11) is 1.59. The van der Waals surface area contributed by atoms with Crippen molar-refractivity contribution >= 4 is 16.9 Å². The molecule has 0 aliphatic rings. The number of nitrogens with one attached hydrogen (secondary N) is 2. The standard InChI is InChI=1S/C14H13N3O3/c1-7-5-9-10(15-7)4-3-8(13(9)20-2)11-6-12(14(18)19)17-16-11/h3-6,15H,1-2H3,(H,16,17)(H,18,19). The molecule has 0 unspecified atom stereocenters. The van der Waals surface area contributed by atoms with Crippen LogP contribution in [0.25, 0.3) is 22.2 Å². The van der Waals surface area contributed by atoms with Gasteiger partial charge in [0, 0.05) is 22.2 Å². The summed E-state index contributed by atoms with van der Waals surface area (Å²) >= 11 is 0. The summed E-state index contributed by atoms with van der Waals surface area (Å²) in [4.78, 5) is 14.1. The molecule has 1 aromatic carbocycles. The Hall–Kier alpha value is -2.76. The summed E-state index contributed by atoms with van der Waals surface area (Å²) in [6.07, 6.45) is 0. The van der Waals surface area contributed by atoms with Gasteiger partial charge in [-0.15, -0.1) is 0 Å². The van der Waals surface area contributed by atoms with Crippen LogP contribution in [0.3, 0.4) is 0 Å². The lowest BCUT2D eigenvalue weighted by atomic mass is 10.1. The normalized spacial score (nSPS) is 10.9. The summed E-state index contributed by atoms with van der Waals surface area (Å²) in [6.45, 7) is 1.97. The van der Waals surface area contributed by atoms with Crippen LogP contribution in [0.15, 0.2) is 24.3 Å². The molecule has 2 aromatic heterocycles. The maximum absolute atomic E-state index is 10.9. The molecule has 0 saturated carbocycles. The first kappa shape index (κ1) is 12.3. The molecule has 0 atom stereocenters. The van der Waals surface area contributed by atoms with Crippen LogP contribution in [0.2, 0.25) is 0 Å². The predicted molar refractivity (Wildman–Crippen MR) is 74.1 cm³/mol. The van der Waals surface area contributed by atoms with Crippen LogP contribution in [0.1, 0.15) is 16.2 Å². The molecule has 0 amide bonds. The predicted octanol–water partition coefficient (Wildman–Crippen LogP) is 2.57. The Kier molecular flexibility index (Phi) is 2.71. The lowest BCUT2D eigenvalue weighted by Crippen LogP contribution is -1.95. The fourth-order valence-corrected chi connectivity index (χ4v) is 2.31. The molecule has 0 radical (unpaired) electrons. The van der Waals surface area contributed by atoms with Crippen molar-refractivity contribution in [2.45, 2.75) is 6.92 Å². The number of carboxylic acids is 1. The highest BCUT2D eigenvalue weighted by molar-refractivity contribution is 5.94. The highest BCUT2D eigenvalue weighted by Gasteiger charge is 2.16. The van der Waals surface area contributed by atoms with Crippen molar-refractivity contribution in [2.75, 3.05) is 7.11 Å². The van der Waals surface area contributed by atoms with E-state index in [0.29, 0.717) is 11.4 Å². The third kappa shape index (κ3) is 1.82. The number of carbonyl (C=O) groups is 1. The van der Waals surface area contributed by atoms with Gasteiger partial charge in [-0.1, -0.05) is 0 Å². The van der Waals surface area contributed by atoms with Crippen molar-refractivity contribution in [3.05, 3.63) is 35.7 Å². The Morgan fingerprint density at radius 1 is 1.35 bits per heavy atom. The Bertz CT molecular complexity index is 801. The molecule has 2 heterocycles. The van der Waals surface area contributed by atoms with Gasteiger partial charge in [0.2, 0.25) is 0 Å². The number of ether oxygens (including phenoxy) is 1. The van der Waals surface area contributed by atoms with Gasteiger partial charge < -0.3 is 14.8 Å². The Morgan fingerprint density at radius 2 is 2.15 bits per heavy atom. The fourth-order valence-electron chi connectivity index (χ4n) is 2.31. The van der Waals surface area contributed by atoms with E-state index < -0.39 is 5.97 Å². The molecule has 102 valence electrons. The highest BCUT2D eigenvalue weighted by atomic mass is 16.5. The fraction of sp³-hybridized carbons (Fsp3) is 0.143. The highest BCUT2D eigenvalue weighted by Crippen LogP contribution is 2.36. The molecule has 20 heavy (non-hydrogen) atoms. The van der Waals surface area contributed by atoms with Crippen molar-refractivity contribution in [2.24, 2.45) is 0 Å². The van der Waals surface area contributed by atoms with Crippen molar-refractivity contribution in [3.63, 3.8) is 0 Å². The van der Waals surface area contributed by atoms with E-state index in [0.717, 1.165) is 22.2 Å². The van der Waals surface area contributed by atoms with Crippen LogP contribution < -0.4 is 4.74 Å². The number of aromatic carboxylic acids is 1. The molecule has 3 aromatic rings. The van der Waals surface area contributed by atoms with E-state index in [4.69, 9.17) is 9.84 Å². The Morgan fingerprint density at radius 3 is 2.80 bits per heavy atom. The number of nitrogens with zero attached hydrogens (tertiary/aromatic N) is 1. The van der Waals surface area contributed by atoms with E-state index in [-0.39, 0.29) is 5.69 Å². The van der Waals surface area contributed by atoms with Gasteiger partial charge in [0.05, 0.1) is 12.8 Å². The minimum absolute atomic E-state index is 0.0485. The maximum Gasteiger partial charge on any atom is 0.353 e. The van der Waals surface area contributed by atoms with Crippen molar-refractivity contribution in [3.8, 4) is 17.0 Å². The van der Waals surface area contributed by atoms with E-state index in [9.17, 15) is 4.79 Å². The van der Waals surface area contributed by atoms with Gasteiger partial charge in [0.25, 0.3) is 0 Å². The van der Waals surface area contributed by atoms with Gasteiger partial charge in [0.15, 0.2) is 0 Å². The number of aromatic amines is 2. The van der Waals surface area contributed by atoms with Crippen LogP contribution in [0.4, 0.5) is 0 Å². The molecule has 0 aliphatic heterocycles. The van der Waals surface area contributed by atoms with Crippen molar-refractivity contribution in [1.82, 2.24) is 15.2 Å². The van der Waals surface area contributed by atoms with Gasteiger partial charge >= 0.3 is 5.97 Å². The zero-order valence-electron chi connectivity index (χ0n) is 11.0. The quantitative estimate of drug-likeness (QED) is 0.682. The van der Waals surface area contributed by atoms with Crippen LogP contribution in [0.5, 0.6) is 5.75 Å². The molecule has 6 nitrogen and oxygen atoms in total. The average Bonchev–Trinajstić information content (AvgIpc) is 3.02. The summed E-state index contributed by atoms with van der Waals surface area (Å²) in [5.74, 6) is -0.364. The van der Waals surface area contributed by atoms with E-state index in [1.165, 1.54) is 6.07 Å². The maximum atomic E-state index is 10.9. The topological polar surface area (TPSA) is 91.0 Å². The number of rotatable bonds is 3. The number of fused-ring (bicyclic) bond motifs is 1. The van der Waals surface area contributed by atoms with Gasteiger partial charge in [0.1, 0.15) is 11.4 Å². The first-order valence-corrected chi connectivity index (χ1v) is 6.05. The number of methoxy groups -OCH3 is 1. The second kappa shape index (κ2) is 4.41. The largest absolute Gasteiger partial charge is 0.495 e. The number of aromatic nitrogens is 3. The lowest BCUT2D eigenvalue weighted by molar-refractivity contribution is 0.0690. The summed E-state index contributed by atoms with van der Waals surface area (Å²) in [5, 5.41) is 16.4. The number of H-pyrrole nitrogens is 2. The van der Waals surface area contributed by atoms with Gasteiger partial charge in [-0.05, 0) is 31.2 Å². The average molecular weight is 271 g/mol. The first-order valence-electron chi connectivity index (χ1n) is 6.05. The van der Waals surface area contributed by atoms with E-state index in [2.05, 4.69) is 15.2 Å². The molecule has 3 N–H and O–H groups in total. The lowest BCUT2D eigenvalue weighted by Gasteiger charge is -2.07. The van der Waals surface area contributed by atoms with Crippen LogP contribution in [-0.2, 0) is 0 Å². The molecule has 6 heteroatoms. The van der Waals surface area contributed by atoms with E-state index in [1.807, 2.05) is 25.1 Å². The van der Waals surface area contributed by atoms with Gasteiger partial charge in [-0.25, -0.2) is 4.79 Å².